The van der Waals surface area contributed by atoms with Gasteiger partial charge < -0.3 is 14.7 Å². The van der Waals surface area contributed by atoms with Gasteiger partial charge in [0.1, 0.15) is 0 Å². The number of carbonyl (C=O) groups excluding carboxylic acids is 1. The summed E-state index contributed by atoms with van der Waals surface area (Å²) in [6.07, 6.45) is 4.96. The van der Waals surface area contributed by atoms with Crippen molar-refractivity contribution in [3.8, 4) is 0 Å². The molecule has 128 valence electrons. The Kier molecular flexibility index (Phi) is 5.39. The van der Waals surface area contributed by atoms with Crippen molar-refractivity contribution < 1.29 is 14.6 Å². The van der Waals surface area contributed by atoms with Crippen LogP contribution in [0.5, 0.6) is 0 Å². The quantitative estimate of drug-likeness (QED) is 0.868. The van der Waals surface area contributed by atoms with Gasteiger partial charge in [-0.15, -0.1) is 11.3 Å². The molecule has 1 spiro atoms. The van der Waals surface area contributed by atoms with Crippen LogP contribution in [0.25, 0.3) is 0 Å². The molecular formula is C18H27NO3S. The molecule has 1 aromatic rings. The third-order valence-corrected chi connectivity index (χ3v) is 6.49. The largest absolute Gasteiger partial charge is 0.392 e. The maximum absolute atomic E-state index is 12.4. The van der Waals surface area contributed by atoms with Crippen LogP contribution in [0.1, 0.15) is 43.9 Å². The van der Waals surface area contributed by atoms with Gasteiger partial charge in [-0.1, -0.05) is 6.07 Å². The number of rotatable bonds is 6. The Balaban J connectivity index is 1.44. The number of nitrogens with zero attached hydrogens (tertiary/aromatic N) is 1. The summed E-state index contributed by atoms with van der Waals surface area (Å²) in [4.78, 5) is 15.7. The average molecular weight is 337 g/mol. The highest BCUT2D eigenvalue weighted by Gasteiger charge is 2.56. The molecule has 0 unspecified atom stereocenters. The number of carbonyl (C=O) groups is 1. The van der Waals surface area contributed by atoms with Crippen molar-refractivity contribution in [2.24, 2.45) is 5.41 Å². The second-order valence-electron chi connectivity index (χ2n) is 6.74. The van der Waals surface area contributed by atoms with Crippen molar-refractivity contribution in [2.45, 2.75) is 57.7 Å². The highest BCUT2D eigenvalue weighted by Crippen LogP contribution is 2.50. The van der Waals surface area contributed by atoms with Crippen molar-refractivity contribution in [1.29, 1.82) is 0 Å². The minimum absolute atomic E-state index is 0.0935. The van der Waals surface area contributed by atoms with E-state index in [0.717, 1.165) is 45.2 Å². The zero-order valence-corrected chi connectivity index (χ0v) is 14.7. The summed E-state index contributed by atoms with van der Waals surface area (Å²) < 4.78 is 5.78. The minimum Gasteiger partial charge on any atom is -0.392 e. The van der Waals surface area contributed by atoms with Gasteiger partial charge in [-0.25, -0.2) is 0 Å². The van der Waals surface area contributed by atoms with E-state index in [1.54, 1.807) is 11.3 Å². The molecule has 1 saturated carbocycles. The molecule has 1 saturated heterocycles. The van der Waals surface area contributed by atoms with Gasteiger partial charge in [0.15, 0.2) is 0 Å². The molecule has 4 nitrogen and oxygen atoms in total. The monoisotopic (exact) mass is 337 g/mol. The Morgan fingerprint density at radius 2 is 2.26 bits per heavy atom. The molecule has 23 heavy (non-hydrogen) atoms. The van der Waals surface area contributed by atoms with Crippen LogP contribution in [0.2, 0.25) is 0 Å². The predicted molar refractivity (Wildman–Crippen MR) is 91.5 cm³/mol. The number of piperidine rings is 1. The van der Waals surface area contributed by atoms with Gasteiger partial charge in [0, 0.05) is 42.8 Å². The van der Waals surface area contributed by atoms with E-state index in [4.69, 9.17) is 4.74 Å². The molecule has 1 aliphatic carbocycles. The van der Waals surface area contributed by atoms with Gasteiger partial charge in [-0.3, -0.25) is 4.79 Å². The number of hydrogen-bond acceptors (Lipinski definition) is 4. The average Bonchev–Trinajstić information content (AvgIpc) is 3.08. The smallest absolute Gasteiger partial charge is 0.222 e. The molecule has 1 aromatic heterocycles. The summed E-state index contributed by atoms with van der Waals surface area (Å²) >= 11 is 1.76. The molecule has 3 rings (SSSR count). The predicted octanol–water partition coefficient (Wildman–Crippen LogP) is 2.85. The number of aryl methyl sites for hydroxylation is 1. The van der Waals surface area contributed by atoms with Crippen LogP contribution >= 0.6 is 11.3 Å². The SMILES string of the molecule is CCO[C@H]1C[C@H](O)C12CCN(C(=O)CCCc1cccs1)CC2. The number of hydrogen-bond donors (Lipinski definition) is 1. The molecule has 2 atom stereocenters. The van der Waals surface area contributed by atoms with Crippen molar-refractivity contribution >= 4 is 17.2 Å². The number of ether oxygens (including phenoxy) is 1. The lowest BCUT2D eigenvalue weighted by Crippen LogP contribution is -2.62. The molecule has 5 heteroatoms. The highest BCUT2D eigenvalue weighted by atomic mass is 32.1. The van der Waals surface area contributed by atoms with Gasteiger partial charge in [-0.05, 0) is 44.1 Å². The molecule has 0 aromatic carbocycles. The topological polar surface area (TPSA) is 49.8 Å². The second-order valence-corrected chi connectivity index (χ2v) is 7.77. The van der Waals surface area contributed by atoms with E-state index in [2.05, 4.69) is 17.5 Å². The van der Waals surface area contributed by atoms with Gasteiger partial charge in [0.05, 0.1) is 12.2 Å². The fraction of sp³-hybridized carbons (Fsp3) is 0.722. The fourth-order valence-corrected chi connectivity index (χ4v) is 4.77. The number of aliphatic hydroxyl groups is 1. The number of thiophene rings is 1. The summed E-state index contributed by atoms with van der Waals surface area (Å²) in [6.45, 7) is 4.23. The maximum Gasteiger partial charge on any atom is 0.222 e. The van der Waals surface area contributed by atoms with E-state index < -0.39 is 0 Å². The maximum atomic E-state index is 12.4. The number of amides is 1. The van der Waals surface area contributed by atoms with E-state index in [9.17, 15) is 9.90 Å². The standard InChI is InChI=1S/C18H27NO3S/c1-2-22-16-13-15(20)18(16)8-10-19(11-9-18)17(21)7-3-5-14-6-4-12-23-14/h4,6,12,15-16,20H,2-3,5,7-11,13H2,1H3/t15-,16-/m0/s1. The van der Waals surface area contributed by atoms with E-state index >= 15 is 0 Å². The molecule has 2 fully saturated rings. The third-order valence-electron chi connectivity index (χ3n) is 5.55. The van der Waals surface area contributed by atoms with Gasteiger partial charge >= 0.3 is 0 Å². The Bertz CT molecular complexity index is 506. The van der Waals surface area contributed by atoms with Crippen LogP contribution in [0.4, 0.5) is 0 Å². The number of aliphatic hydroxyl groups excluding tert-OH is 1. The minimum atomic E-state index is -0.255. The molecule has 2 aliphatic rings. The Morgan fingerprint density at radius 3 is 2.87 bits per heavy atom. The van der Waals surface area contributed by atoms with Crippen LogP contribution in [0, 0.1) is 5.41 Å². The van der Waals surface area contributed by atoms with Crippen LogP contribution in [-0.4, -0.2) is 47.8 Å². The lowest BCUT2D eigenvalue weighted by atomic mass is 9.58. The highest BCUT2D eigenvalue weighted by molar-refractivity contribution is 7.09. The Hall–Kier alpha value is -0.910. The van der Waals surface area contributed by atoms with Crippen LogP contribution in [0.3, 0.4) is 0 Å². The first kappa shape index (κ1) is 16.9. The fourth-order valence-electron chi connectivity index (χ4n) is 4.02. The number of likely N-dealkylation sites (tertiary alicyclic amines) is 1. The molecule has 0 bridgehead atoms. The summed E-state index contributed by atoms with van der Waals surface area (Å²) in [5.41, 5.74) is -0.0935. The third kappa shape index (κ3) is 3.47. The molecule has 2 heterocycles. The Morgan fingerprint density at radius 1 is 1.48 bits per heavy atom. The van der Waals surface area contributed by atoms with Crippen LogP contribution in [0.15, 0.2) is 17.5 Å². The lowest BCUT2D eigenvalue weighted by molar-refractivity contribution is -0.210. The van der Waals surface area contributed by atoms with E-state index in [1.165, 1.54) is 4.88 Å². The van der Waals surface area contributed by atoms with Gasteiger partial charge in [0.25, 0.3) is 0 Å². The van der Waals surface area contributed by atoms with Crippen LogP contribution < -0.4 is 0 Å². The van der Waals surface area contributed by atoms with Gasteiger partial charge in [-0.2, -0.15) is 0 Å². The normalized spacial score (nSPS) is 26.3. The van der Waals surface area contributed by atoms with Crippen LogP contribution in [-0.2, 0) is 16.0 Å². The zero-order chi connectivity index (χ0) is 16.3. The zero-order valence-electron chi connectivity index (χ0n) is 13.9. The Labute approximate surface area is 142 Å². The first-order chi connectivity index (χ1) is 11.2. The van der Waals surface area contributed by atoms with E-state index in [0.29, 0.717) is 13.0 Å². The summed E-state index contributed by atoms with van der Waals surface area (Å²) in [6, 6.07) is 4.19. The second kappa shape index (κ2) is 7.32. The van der Waals surface area contributed by atoms with Crippen molar-refractivity contribution in [1.82, 2.24) is 4.90 Å². The molecule has 1 N–H and O–H groups in total. The summed E-state index contributed by atoms with van der Waals surface area (Å²) in [5.74, 6) is 0.262. The molecule has 1 aliphatic heterocycles. The molecule has 0 radical (unpaired) electrons. The molecular weight excluding hydrogens is 310 g/mol. The molecule has 1 amide bonds. The van der Waals surface area contributed by atoms with Crippen molar-refractivity contribution in [2.75, 3.05) is 19.7 Å². The summed E-state index contributed by atoms with van der Waals surface area (Å²) in [5, 5.41) is 12.3. The first-order valence-electron chi connectivity index (χ1n) is 8.75. The van der Waals surface area contributed by atoms with Crippen molar-refractivity contribution in [3.05, 3.63) is 22.4 Å². The first-order valence-corrected chi connectivity index (χ1v) is 9.63. The van der Waals surface area contributed by atoms with E-state index in [-0.39, 0.29) is 23.5 Å². The lowest BCUT2D eigenvalue weighted by Gasteiger charge is -2.56. The van der Waals surface area contributed by atoms with Gasteiger partial charge in [0.2, 0.25) is 5.91 Å². The van der Waals surface area contributed by atoms with Crippen molar-refractivity contribution in [3.63, 3.8) is 0 Å². The van der Waals surface area contributed by atoms with E-state index in [1.807, 2.05) is 11.8 Å². The summed E-state index contributed by atoms with van der Waals surface area (Å²) in [7, 11) is 0.